The number of Topliss-reactive ketones (excluding diaryl/α,β-unsaturated/α-hetero) is 1. The lowest BCUT2D eigenvalue weighted by Gasteiger charge is -2.60. The van der Waals surface area contributed by atoms with Gasteiger partial charge in [0.15, 0.2) is 12.4 Å². The van der Waals surface area contributed by atoms with Crippen LogP contribution in [-0.2, 0) is 33.5 Å². The van der Waals surface area contributed by atoms with Crippen molar-refractivity contribution in [1.82, 2.24) is 10.6 Å². The summed E-state index contributed by atoms with van der Waals surface area (Å²) in [4.78, 5) is 74.2. The molecule has 13 nitrogen and oxygen atoms in total. The number of fused-ring (bicyclic) bond motifs is 5. The molecule has 4 aliphatic rings. The first kappa shape index (κ1) is 35.7. The lowest BCUT2D eigenvalue weighted by molar-refractivity contribution is -0.184. The van der Waals surface area contributed by atoms with Crippen LogP contribution in [0.4, 0.5) is 0 Å². The van der Waals surface area contributed by atoms with Crippen molar-refractivity contribution in [3.63, 3.8) is 0 Å². The molecule has 0 bridgehead atoms. The van der Waals surface area contributed by atoms with Crippen LogP contribution in [0.1, 0.15) is 85.5 Å². The lowest BCUT2D eigenvalue weighted by atomic mass is 9.45. The standard InChI is InChI=1S/C33H48N2O11/c1-17(2)28(29(42)34-22(15-36)30(43)44)35-25(40)7-8-26(41)46-16-24(39)33(45)12-10-21-20-6-5-18-13-19(37)9-11-31(18,3)27(20)23(38)14-32(21,33)4/h13,17,20-23,27-28,36,38,45H,5-12,14-16H2,1-4H3,(H,34,42)(H,35,40)(H,43,44)/t20-,21+,22+,23+,27-,28-,31-,32-,33-/m0/s1. The number of carbonyl (C=O) groups excluding carboxylic acids is 5. The molecule has 0 aromatic carbocycles. The van der Waals surface area contributed by atoms with E-state index in [0.717, 1.165) is 18.4 Å². The molecule has 4 rings (SSSR count). The summed E-state index contributed by atoms with van der Waals surface area (Å²) in [5.41, 5.74) is -1.94. The predicted octanol–water partition coefficient (Wildman–Crippen LogP) is 0.815. The van der Waals surface area contributed by atoms with Crippen molar-refractivity contribution in [2.45, 2.75) is 109 Å². The molecule has 6 N–H and O–H groups in total. The molecule has 9 atom stereocenters. The van der Waals surface area contributed by atoms with Gasteiger partial charge in [0.1, 0.15) is 17.7 Å². The van der Waals surface area contributed by atoms with Gasteiger partial charge in [-0.2, -0.15) is 0 Å². The van der Waals surface area contributed by atoms with E-state index in [1.165, 1.54) is 0 Å². The minimum atomic E-state index is -1.80. The number of hydrogen-bond acceptors (Lipinski definition) is 10. The van der Waals surface area contributed by atoms with Crippen LogP contribution in [0.2, 0.25) is 0 Å². The second-order valence-electron chi connectivity index (χ2n) is 14.4. The van der Waals surface area contributed by atoms with Gasteiger partial charge in [-0.3, -0.25) is 24.0 Å². The summed E-state index contributed by atoms with van der Waals surface area (Å²) in [6.45, 7) is 5.71. The molecule has 0 aromatic rings. The van der Waals surface area contributed by atoms with Gasteiger partial charge in [0, 0.05) is 18.3 Å². The quantitative estimate of drug-likeness (QED) is 0.163. The predicted molar refractivity (Wildman–Crippen MR) is 162 cm³/mol. The summed E-state index contributed by atoms with van der Waals surface area (Å²) in [6, 6.07) is -2.66. The topological polar surface area (TPSA) is 217 Å². The van der Waals surface area contributed by atoms with E-state index in [4.69, 9.17) is 14.9 Å². The van der Waals surface area contributed by atoms with Crippen LogP contribution in [0.25, 0.3) is 0 Å². The van der Waals surface area contributed by atoms with E-state index in [1.54, 1.807) is 19.9 Å². The Kier molecular flexibility index (Phi) is 10.5. The summed E-state index contributed by atoms with van der Waals surface area (Å²) in [7, 11) is 0. The van der Waals surface area contributed by atoms with E-state index in [-0.39, 0.29) is 48.2 Å². The summed E-state index contributed by atoms with van der Waals surface area (Å²) in [5, 5.41) is 46.2. The molecule has 0 unspecified atom stereocenters. The molecule has 2 amide bonds. The SMILES string of the molecule is CC(C)[C@H](NC(=O)CCC(=O)OCC(=O)[C@@]1(O)CC[C@@H]2[C@@H]3CCC4=CC(=O)CC[C@]4(C)[C@@H]3[C@H](O)C[C@@]21C)C(=O)N[C@H](CO)C(=O)O. The fourth-order valence-electron chi connectivity index (χ4n) is 8.93. The average molecular weight is 649 g/mol. The monoisotopic (exact) mass is 648 g/mol. The van der Waals surface area contributed by atoms with Gasteiger partial charge in [-0.25, -0.2) is 4.79 Å². The van der Waals surface area contributed by atoms with E-state index in [0.29, 0.717) is 19.3 Å². The van der Waals surface area contributed by atoms with Gasteiger partial charge >= 0.3 is 11.9 Å². The molecule has 0 heterocycles. The van der Waals surface area contributed by atoms with Gasteiger partial charge in [-0.1, -0.05) is 33.3 Å². The van der Waals surface area contributed by atoms with E-state index in [2.05, 4.69) is 17.6 Å². The van der Waals surface area contributed by atoms with Gasteiger partial charge < -0.3 is 35.8 Å². The molecule has 0 aromatic heterocycles. The highest BCUT2D eigenvalue weighted by atomic mass is 16.5. The van der Waals surface area contributed by atoms with E-state index < -0.39 is 84.3 Å². The lowest BCUT2D eigenvalue weighted by Crippen LogP contribution is -2.62. The number of amides is 2. The first-order chi connectivity index (χ1) is 21.5. The Hall–Kier alpha value is -3.16. The zero-order valence-electron chi connectivity index (χ0n) is 27.0. The summed E-state index contributed by atoms with van der Waals surface area (Å²) in [6.07, 6.45) is 3.81. The highest BCUT2D eigenvalue weighted by molar-refractivity contribution is 5.93. The van der Waals surface area contributed by atoms with Gasteiger partial charge in [0.2, 0.25) is 17.6 Å². The number of nitrogens with one attached hydrogen (secondary N) is 2. The average Bonchev–Trinajstić information content (AvgIpc) is 3.26. The van der Waals surface area contributed by atoms with Gasteiger partial charge in [0.25, 0.3) is 0 Å². The fraction of sp³-hybridized carbons (Fsp3) is 0.758. The number of aliphatic hydroxyl groups is 3. The second kappa shape index (κ2) is 13.5. The smallest absolute Gasteiger partial charge is 0.328 e. The largest absolute Gasteiger partial charge is 0.480 e. The number of carbonyl (C=O) groups is 6. The number of aliphatic hydroxyl groups excluding tert-OH is 2. The molecule has 0 saturated heterocycles. The Bertz CT molecular complexity index is 1300. The maximum absolute atomic E-state index is 13.5. The molecule has 4 aliphatic carbocycles. The summed E-state index contributed by atoms with van der Waals surface area (Å²) >= 11 is 0. The zero-order chi connectivity index (χ0) is 34.2. The molecule has 3 fully saturated rings. The van der Waals surface area contributed by atoms with Gasteiger partial charge in [0.05, 0.1) is 19.1 Å². The van der Waals surface area contributed by atoms with Crippen molar-refractivity contribution < 1.29 is 53.9 Å². The number of ether oxygens (including phenoxy) is 1. The molecule has 46 heavy (non-hydrogen) atoms. The van der Waals surface area contributed by atoms with E-state index >= 15 is 0 Å². The summed E-state index contributed by atoms with van der Waals surface area (Å²) in [5.74, 6) is -4.76. The van der Waals surface area contributed by atoms with Crippen LogP contribution >= 0.6 is 0 Å². The van der Waals surface area contributed by atoms with Gasteiger partial charge in [-0.05, 0) is 73.7 Å². The highest BCUT2D eigenvalue weighted by Gasteiger charge is 2.68. The number of carboxylic acid groups (broad SMARTS) is 1. The van der Waals surface area contributed by atoms with E-state index in [1.807, 2.05) is 6.92 Å². The first-order valence-electron chi connectivity index (χ1n) is 16.2. The van der Waals surface area contributed by atoms with Crippen molar-refractivity contribution in [2.24, 2.45) is 34.5 Å². The van der Waals surface area contributed by atoms with Crippen LogP contribution in [0, 0.1) is 34.5 Å². The maximum Gasteiger partial charge on any atom is 0.328 e. The Labute approximate surface area is 268 Å². The molecule has 0 spiro atoms. The fourth-order valence-corrected chi connectivity index (χ4v) is 8.93. The molecule has 256 valence electrons. The Morgan fingerprint density at radius 3 is 2.37 bits per heavy atom. The molecular weight excluding hydrogens is 600 g/mol. The van der Waals surface area contributed by atoms with E-state index in [9.17, 15) is 39.0 Å². The van der Waals surface area contributed by atoms with Crippen LogP contribution in [0.5, 0.6) is 0 Å². The zero-order valence-corrected chi connectivity index (χ0v) is 27.0. The number of hydrogen-bond donors (Lipinski definition) is 6. The van der Waals surface area contributed by atoms with Crippen LogP contribution < -0.4 is 10.6 Å². The molecule has 0 aliphatic heterocycles. The summed E-state index contributed by atoms with van der Waals surface area (Å²) < 4.78 is 5.18. The number of rotatable bonds is 12. The third kappa shape index (κ3) is 6.50. The Balaban J connectivity index is 1.33. The number of aliphatic carboxylic acids is 1. The van der Waals surface area contributed by atoms with Crippen molar-refractivity contribution in [3.8, 4) is 0 Å². The van der Waals surface area contributed by atoms with Crippen molar-refractivity contribution in [3.05, 3.63) is 11.6 Å². The third-order valence-electron chi connectivity index (χ3n) is 11.5. The minimum Gasteiger partial charge on any atom is -0.480 e. The van der Waals surface area contributed by atoms with Gasteiger partial charge in [-0.15, -0.1) is 0 Å². The van der Waals surface area contributed by atoms with Crippen molar-refractivity contribution >= 4 is 35.3 Å². The third-order valence-corrected chi connectivity index (χ3v) is 11.5. The number of esters is 1. The molecule has 13 heteroatoms. The maximum atomic E-state index is 13.5. The minimum absolute atomic E-state index is 0.0282. The van der Waals surface area contributed by atoms with Crippen LogP contribution in [0.15, 0.2) is 11.6 Å². The second-order valence-corrected chi connectivity index (χ2v) is 14.4. The normalized spacial score (nSPS) is 34.7. The van der Waals surface area contributed by atoms with Crippen molar-refractivity contribution in [2.75, 3.05) is 13.2 Å². The highest BCUT2D eigenvalue weighted by Crippen LogP contribution is 2.67. The number of ketones is 2. The molecule has 3 saturated carbocycles. The van der Waals surface area contributed by atoms with Crippen molar-refractivity contribution in [1.29, 1.82) is 0 Å². The number of allylic oxidation sites excluding steroid dienone is 1. The Morgan fingerprint density at radius 2 is 1.74 bits per heavy atom. The molecule has 0 radical (unpaired) electrons. The number of carboxylic acids is 1. The molecular formula is C33H48N2O11. The van der Waals surface area contributed by atoms with Crippen LogP contribution in [0.3, 0.4) is 0 Å². The Morgan fingerprint density at radius 1 is 1.04 bits per heavy atom. The first-order valence-corrected chi connectivity index (χ1v) is 16.2. The van der Waals surface area contributed by atoms with Crippen LogP contribution in [-0.4, -0.2) is 92.7 Å².